The maximum Gasteiger partial charge on any atom is 0.460 e. The van der Waals surface area contributed by atoms with Crippen LogP contribution in [0.5, 0.6) is 0 Å². The molecule has 0 aromatic carbocycles. The SMILES string of the molecule is O=C1CC[S+](OS(=O)(=O)C(F)(F)C(F)(F)C(F)(F)C(F)(F)F)CC1. The van der Waals surface area contributed by atoms with Gasteiger partial charge in [0, 0.05) is 0 Å². The van der Waals surface area contributed by atoms with Gasteiger partial charge in [0.05, 0.1) is 12.8 Å². The molecule has 0 aromatic rings. The number of Topliss-reactive ketones (excluding diaryl/α,β-unsaturated/α-hetero) is 1. The van der Waals surface area contributed by atoms with Crippen LogP contribution in [-0.4, -0.2) is 49.0 Å². The van der Waals surface area contributed by atoms with Crippen molar-refractivity contribution in [3.8, 4) is 0 Å². The largest absolute Gasteiger partial charge is 0.460 e. The molecule has 0 amide bonds. The standard InChI is InChI=1S/C9H8F9O4S2/c10-6(11,8(14,15)16)7(12,13)9(17,18)24(20,21)22-23-3-1-5(19)2-4-23/h1-4H2/q+1. The molecule has 0 atom stereocenters. The van der Waals surface area contributed by atoms with Crippen LogP contribution in [0.4, 0.5) is 39.5 Å². The molecule has 0 spiro atoms. The van der Waals surface area contributed by atoms with Gasteiger partial charge in [0.25, 0.3) is 0 Å². The molecule has 0 aromatic heterocycles. The van der Waals surface area contributed by atoms with Crippen molar-refractivity contribution in [3.05, 3.63) is 0 Å². The molecule has 1 rings (SSSR count). The van der Waals surface area contributed by atoms with Crippen molar-refractivity contribution in [2.75, 3.05) is 11.5 Å². The van der Waals surface area contributed by atoms with Gasteiger partial charge in [0.2, 0.25) is 0 Å². The van der Waals surface area contributed by atoms with Crippen molar-refractivity contribution in [2.45, 2.75) is 36.1 Å². The van der Waals surface area contributed by atoms with Crippen molar-refractivity contribution >= 4 is 27.1 Å². The number of alkyl halides is 9. The molecule has 1 aliphatic rings. The number of rotatable bonds is 5. The summed E-state index contributed by atoms with van der Waals surface area (Å²) < 4.78 is 140. The second-order valence-electron chi connectivity index (χ2n) is 4.57. The Morgan fingerprint density at radius 2 is 1.25 bits per heavy atom. The molecule has 0 radical (unpaired) electrons. The van der Waals surface area contributed by atoms with E-state index in [1.807, 2.05) is 0 Å². The van der Waals surface area contributed by atoms with Crippen LogP contribution in [0.2, 0.25) is 0 Å². The van der Waals surface area contributed by atoms with Crippen LogP contribution in [-0.2, 0) is 29.7 Å². The maximum absolute atomic E-state index is 13.3. The third-order valence-corrected chi connectivity index (χ3v) is 6.52. The Morgan fingerprint density at radius 3 is 1.62 bits per heavy atom. The van der Waals surface area contributed by atoms with Crippen molar-refractivity contribution < 1.29 is 56.4 Å². The molecule has 24 heavy (non-hydrogen) atoms. The van der Waals surface area contributed by atoms with Gasteiger partial charge in [-0.2, -0.15) is 47.9 Å². The minimum absolute atomic E-state index is 0.334. The molecule has 1 heterocycles. The van der Waals surface area contributed by atoms with Crippen LogP contribution < -0.4 is 0 Å². The van der Waals surface area contributed by atoms with Gasteiger partial charge in [-0.25, -0.2) is 0 Å². The fraction of sp³-hybridized carbons (Fsp3) is 0.889. The van der Waals surface area contributed by atoms with E-state index in [1.165, 1.54) is 0 Å². The fourth-order valence-corrected chi connectivity index (χ4v) is 4.89. The Morgan fingerprint density at radius 1 is 0.833 bits per heavy atom. The van der Waals surface area contributed by atoms with Gasteiger partial charge in [-0.15, -0.1) is 0 Å². The Hall–Kier alpha value is -0.700. The van der Waals surface area contributed by atoms with E-state index in [0.717, 1.165) is 0 Å². The summed E-state index contributed by atoms with van der Waals surface area (Å²) in [5.41, 5.74) is 0. The summed E-state index contributed by atoms with van der Waals surface area (Å²) in [5.74, 6) is -16.0. The molecule has 1 fully saturated rings. The minimum Gasteiger partial charge on any atom is -0.299 e. The first-order valence-electron chi connectivity index (χ1n) is 5.81. The fourth-order valence-electron chi connectivity index (χ4n) is 1.44. The Bertz CT molecular complexity index is 589. The van der Waals surface area contributed by atoms with Crippen molar-refractivity contribution in [1.82, 2.24) is 0 Å². The smallest absolute Gasteiger partial charge is 0.299 e. The zero-order valence-corrected chi connectivity index (χ0v) is 12.8. The molecular weight excluding hydrogens is 407 g/mol. The molecule has 0 N–H and O–H groups in total. The highest BCUT2D eigenvalue weighted by Crippen LogP contribution is 2.55. The lowest BCUT2D eigenvalue weighted by atomic mass is 10.1. The van der Waals surface area contributed by atoms with E-state index in [2.05, 4.69) is 3.63 Å². The highest BCUT2D eigenvalue weighted by atomic mass is 32.3. The van der Waals surface area contributed by atoms with Crippen LogP contribution in [0.3, 0.4) is 0 Å². The first-order valence-corrected chi connectivity index (χ1v) is 8.71. The summed E-state index contributed by atoms with van der Waals surface area (Å²) in [5, 5.41) is -6.85. The monoisotopic (exact) mass is 415 g/mol. The van der Waals surface area contributed by atoms with Crippen LogP contribution >= 0.6 is 0 Å². The number of carbonyl (C=O) groups excluding carboxylic acids is 1. The van der Waals surface area contributed by atoms with E-state index >= 15 is 0 Å². The third kappa shape index (κ3) is 3.47. The molecule has 0 aliphatic carbocycles. The number of halogens is 9. The molecule has 0 unspecified atom stereocenters. The van der Waals surface area contributed by atoms with E-state index in [-0.39, 0.29) is 12.8 Å². The van der Waals surface area contributed by atoms with Gasteiger partial charge >= 0.3 is 33.4 Å². The molecule has 142 valence electrons. The molecule has 1 aliphatic heterocycles. The molecule has 0 bridgehead atoms. The van der Waals surface area contributed by atoms with Gasteiger partial charge < -0.3 is 0 Å². The highest BCUT2D eigenvalue weighted by Gasteiger charge is 2.86. The van der Waals surface area contributed by atoms with E-state index in [1.54, 1.807) is 0 Å². The van der Waals surface area contributed by atoms with Crippen LogP contribution in [0.15, 0.2) is 0 Å². The Kier molecular flexibility index (Phi) is 5.54. The summed E-state index contributed by atoms with van der Waals surface area (Å²) in [6, 6.07) is 0. The first-order chi connectivity index (χ1) is 10.5. The van der Waals surface area contributed by atoms with Crippen molar-refractivity contribution in [2.24, 2.45) is 0 Å². The quantitative estimate of drug-likeness (QED) is 0.512. The second-order valence-corrected chi connectivity index (χ2v) is 8.23. The lowest BCUT2D eigenvalue weighted by Crippen LogP contribution is -2.63. The maximum atomic E-state index is 13.3. The molecular formula is C9H8F9O4S2+. The van der Waals surface area contributed by atoms with Gasteiger partial charge in [-0.1, -0.05) is 0 Å². The zero-order chi connectivity index (χ0) is 19.2. The molecule has 0 saturated carbocycles. The summed E-state index contributed by atoms with van der Waals surface area (Å²) in [7, 11) is -6.84. The summed E-state index contributed by atoms with van der Waals surface area (Å²) >= 11 is -2.01. The number of hydrogen-bond acceptors (Lipinski definition) is 4. The molecule has 4 nitrogen and oxygen atoms in total. The number of hydrogen-bond donors (Lipinski definition) is 0. The van der Waals surface area contributed by atoms with E-state index in [9.17, 15) is 52.7 Å². The predicted octanol–water partition coefficient (Wildman–Crippen LogP) is 2.65. The van der Waals surface area contributed by atoms with Crippen LogP contribution in [0.1, 0.15) is 12.8 Å². The Labute approximate surface area is 132 Å². The molecule has 15 heteroatoms. The molecule has 1 saturated heterocycles. The van der Waals surface area contributed by atoms with E-state index in [4.69, 9.17) is 0 Å². The second kappa shape index (κ2) is 6.23. The van der Waals surface area contributed by atoms with Gasteiger partial charge in [0.15, 0.2) is 11.2 Å². The Balaban J connectivity index is 3.14. The zero-order valence-electron chi connectivity index (χ0n) is 11.2. The lowest BCUT2D eigenvalue weighted by Gasteiger charge is -2.32. The van der Waals surface area contributed by atoms with Gasteiger partial charge in [0.1, 0.15) is 17.3 Å². The highest BCUT2D eigenvalue weighted by molar-refractivity contribution is 8.03. The summed E-state index contributed by atoms with van der Waals surface area (Å²) in [6.45, 7) is 0. The van der Waals surface area contributed by atoms with Gasteiger partial charge in [-0.3, -0.25) is 4.79 Å². The number of ketones is 1. The average molecular weight is 415 g/mol. The summed E-state index contributed by atoms with van der Waals surface area (Å²) in [4.78, 5) is 10.9. The average Bonchev–Trinajstić information content (AvgIpc) is 2.39. The third-order valence-electron chi connectivity index (χ3n) is 2.83. The first kappa shape index (κ1) is 21.3. The summed E-state index contributed by atoms with van der Waals surface area (Å²) in [6.07, 6.45) is -7.80. The topological polar surface area (TPSA) is 60.4 Å². The lowest BCUT2D eigenvalue weighted by molar-refractivity contribution is -0.382. The van der Waals surface area contributed by atoms with Crippen LogP contribution in [0.25, 0.3) is 0 Å². The van der Waals surface area contributed by atoms with Crippen molar-refractivity contribution in [1.29, 1.82) is 0 Å². The van der Waals surface area contributed by atoms with E-state index < -0.39 is 61.9 Å². The van der Waals surface area contributed by atoms with Crippen LogP contribution in [0, 0.1) is 0 Å². The van der Waals surface area contributed by atoms with Crippen molar-refractivity contribution in [3.63, 3.8) is 0 Å². The predicted molar refractivity (Wildman–Crippen MR) is 62.2 cm³/mol. The minimum atomic E-state index is -7.33. The van der Waals surface area contributed by atoms with E-state index in [0.29, 0.717) is 0 Å². The number of carbonyl (C=O) groups is 1. The normalized spacial score (nSPS) is 19.6. The van der Waals surface area contributed by atoms with Gasteiger partial charge in [-0.05, 0) is 3.63 Å².